The molecule has 1 saturated heterocycles. The minimum absolute atomic E-state index is 0.312. The Labute approximate surface area is 119 Å². The molecule has 5 heteroatoms. The molecule has 0 aromatic heterocycles. The number of alkyl halides is 1. The summed E-state index contributed by atoms with van der Waals surface area (Å²) in [6.45, 7) is 1.88. The Hall–Kier alpha value is -0.0100. The molecule has 0 aliphatic carbocycles. The molecule has 1 fully saturated rings. The zero-order valence-corrected chi connectivity index (χ0v) is 12.4. The van der Waals surface area contributed by atoms with E-state index in [1.807, 2.05) is 12.1 Å². The second-order valence-electron chi connectivity index (χ2n) is 3.71. The van der Waals surface area contributed by atoms with Gasteiger partial charge >= 0.3 is 0 Å². The lowest BCUT2D eigenvalue weighted by atomic mass is 10.2. The SMILES string of the molecule is Oc1ccc(CN2CC(CI)SC2=S)cc1. The van der Waals surface area contributed by atoms with Crippen molar-refractivity contribution in [3.05, 3.63) is 29.8 Å². The van der Waals surface area contributed by atoms with Crippen molar-refractivity contribution in [2.75, 3.05) is 11.0 Å². The number of aromatic hydroxyl groups is 1. The van der Waals surface area contributed by atoms with Crippen LogP contribution in [0.25, 0.3) is 0 Å². The van der Waals surface area contributed by atoms with Crippen molar-refractivity contribution < 1.29 is 5.11 Å². The van der Waals surface area contributed by atoms with Crippen LogP contribution in [-0.4, -0.2) is 30.5 Å². The lowest BCUT2D eigenvalue weighted by molar-refractivity contribution is 0.443. The Balaban J connectivity index is 2.00. The van der Waals surface area contributed by atoms with Gasteiger partial charge in [0.05, 0.1) is 0 Å². The van der Waals surface area contributed by atoms with Crippen molar-refractivity contribution in [1.29, 1.82) is 0 Å². The first-order valence-corrected chi connectivity index (χ1v) is 7.80. The number of hydrogen-bond acceptors (Lipinski definition) is 3. The minimum atomic E-state index is 0.312. The molecule has 0 spiro atoms. The van der Waals surface area contributed by atoms with Crippen LogP contribution >= 0.6 is 46.6 Å². The van der Waals surface area contributed by atoms with Gasteiger partial charge in [0, 0.05) is 22.8 Å². The third-order valence-electron chi connectivity index (χ3n) is 2.43. The van der Waals surface area contributed by atoms with Crippen LogP contribution in [0.5, 0.6) is 5.75 Å². The van der Waals surface area contributed by atoms with Crippen LogP contribution in [0, 0.1) is 0 Å². The molecule has 2 nitrogen and oxygen atoms in total. The third-order valence-corrected chi connectivity index (χ3v) is 5.75. The second-order valence-corrected chi connectivity index (χ2v) is 6.52. The lowest BCUT2D eigenvalue weighted by Crippen LogP contribution is -2.24. The molecule has 1 unspecified atom stereocenters. The fourth-order valence-corrected chi connectivity index (χ4v) is 3.86. The minimum Gasteiger partial charge on any atom is -0.508 e. The number of thiocarbonyl (C=S) groups is 1. The third kappa shape index (κ3) is 3.01. The van der Waals surface area contributed by atoms with Gasteiger partial charge in [0.15, 0.2) is 0 Å². The Morgan fingerprint density at radius 3 is 2.69 bits per heavy atom. The molecule has 0 saturated carbocycles. The average Bonchev–Trinajstić information content (AvgIpc) is 2.63. The summed E-state index contributed by atoms with van der Waals surface area (Å²) in [5.41, 5.74) is 1.19. The molecule has 86 valence electrons. The average molecular weight is 365 g/mol. The van der Waals surface area contributed by atoms with Crippen molar-refractivity contribution in [3.8, 4) is 5.75 Å². The maximum atomic E-state index is 9.21. The number of benzene rings is 1. The highest BCUT2D eigenvalue weighted by Crippen LogP contribution is 2.28. The number of hydrogen-bond donors (Lipinski definition) is 1. The van der Waals surface area contributed by atoms with E-state index in [9.17, 15) is 5.11 Å². The smallest absolute Gasteiger partial charge is 0.137 e. The van der Waals surface area contributed by atoms with Gasteiger partial charge in [-0.05, 0) is 17.7 Å². The van der Waals surface area contributed by atoms with Crippen LogP contribution in [0.15, 0.2) is 24.3 Å². The van der Waals surface area contributed by atoms with Crippen molar-refractivity contribution >= 4 is 50.9 Å². The molecule has 0 bridgehead atoms. The van der Waals surface area contributed by atoms with Gasteiger partial charge in [-0.25, -0.2) is 0 Å². The quantitative estimate of drug-likeness (QED) is 0.505. The number of thioether (sulfide) groups is 1. The number of halogens is 1. The van der Waals surface area contributed by atoms with Gasteiger partial charge < -0.3 is 10.0 Å². The fraction of sp³-hybridized carbons (Fsp3) is 0.364. The summed E-state index contributed by atoms with van der Waals surface area (Å²) in [5.74, 6) is 0.312. The van der Waals surface area contributed by atoms with E-state index in [0.29, 0.717) is 11.0 Å². The lowest BCUT2D eigenvalue weighted by Gasteiger charge is -2.17. The predicted molar refractivity (Wildman–Crippen MR) is 81.4 cm³/mol. The van der Waals surface area contributed by atoms with Crippen LogP contribution in [0.2, 0.25) is 0 Å². The summed E-state index contributed by atoms with van der Waals surface area (Å²) in [6, 6.07) is 7.33. The van der Waals surface area contributed by atoms with Crippen molar-refractivity contribution in [2.45, 2.75) is 11.8 Å². The Bertz CT molecular complexity index is 382. The molecule has 1 N–H and O–H groups in total. The summed E-state index contributed by atoms with van der Waals surface area (Å²) in [6.07, 6.45) is 0. The Morgan fingerprint density at radius 1 is 1.44 bits per heavy atom. The fourth-order valence-electron chi connectivity index (χ4n) is 1.61. The van der Waals surface area contributed by atoms with E-state index in [-0.39, 0.29) is 0 Å². The summed E-state index contributed by atoms with van der Waals surface area (Å²) in [4.78, 5) is 2.23. The number of phenols is 1. The molecule has 1 aromatic carbocycles. The summed E-state index contributed by atoms with van der Waals surface area (Å²) >= 11 is 9.55. The maximum absolute atomic E-state index is 9.21. The molecule has 0 radical (unpaired) electrons. The molecular weight excluding hydrogens is 353 g/mol. The highest BCUT2D eigenvalue weighted by Gasteiger charge is 2.26. The van der Waals surface area contributed by atoms with Gasteiger partial charge in [0.25, 0.3) is 0 Å². The van der Waals surface area contributed by atoms with E-state index in [0.717, 1.165) is 21.8 Å². The van der Waals surface area contributed by atoms with Crippen molar-refractivity contribution in [3.63, 3.8) is 0 Å². The maximum Gasteiger partial charge on any atom is 0.137 e. The number of phenolic OH excluding ortho intramolecular Hbond substituents is 1. The van der Waals surface area contributed by atoms with E-state index in [2.05, 4.69) is 27.5 Å². The second kappa shape index (κ2) is 5.55. The van der Waals surface area contributed by atoms with Gasteiger partial charge in [-0.3, -0.25) is 0 Å². The molecule has 1 aliphatic rings. The topological polar surface area (TPSA) is 23.5 Å². The first kappa shape index (κ1) is 12.4. The largest absolute Gasteiger partial charge is 0.508 e. The van der Waals surface area contributed by atoms with Gasteiger partial charge in [0.2, 0.25) is 0 Å². The molecule has 1 aliphatic heterocycles. The van der Waals surface area contributed by atoms with E-state index >= 15 is 0 Å². The van der Waals surface area contributed by atoms with E-state index in [1.54, 1.807) is 23.9 Å². The Morgan fingerprint density at radius 2 is 2.12 bits per heavy atom. The van der Waals surface area contributed by atoms with Gasteiger partial charge in [-0.15, -0.1) is 0 Å². The first-order chi connectivity index (χ1) is 7.69. The summed E-state index contributed by atoms with van der Waals surface area (Å²) < 4.78 is 2.13. The van der Waals surface area contributed by atoms with E-state index in [1.165, 1.54) is 5.56 Å². The zero-order chi connectivity index (χ0) is 11.5. The van der Waals surface area contributed by atoms with Gasteiger partial charge in [-0.2, -0.15) is 0 Å². The standard InChI is InChI=1S/C11H12INOS2/c12-5-10-7-13(11(15)16-10)6-8-1-3-9(14)4-2-8/h1-4,10,14H,5-7H2. The predicted octanol–water partition coefficient (Wildman–Crippen LogP) is 3.03. The summed E-state index contributed by atoms with van der Waals surface area (Å²) in [5, 5.41) is 9.83. The monoisotopic (exact) mass is 365 g/mol. The van der Waals surface area contributed by atoms with E-state index in [4.69, 9.17) is 12.2 Å². The van der Waals surface area contributed by atoms with Gasteiger partial charge in [-0.1, -0.05) is 58.7 Å². The number of rotatable bonds is 3. The van der Waals surface area contributed by atoms with Crippen LogP contribution in [0.1, 0.15) is 5.56 Å². The van der Waals surface area contributed by atoms with Crippen molar-refractivity contribution in [1.82, 2.24) is 4.90 Å². The van der Waals surface area contributed by atoms with Gasteiger partial charge in [0.1, 0.15) is 10.1 Å². The van der Waals surface area contributed by atoms with Crippen LogP contribution in [-0.2, 0) is 6.54 Å². The van der Waals surface area contributed by atoms with Crippen molar-refractivity contribution in [2.24, 2.45) is 0 Å². The molecular formula is C11H12INOS2. The molecule has 16 heavy (non-hydrogen) atoms. The normalized spacial score (nSPS) is 20.4. The Kier molecular flexibility index (Phi) is 4.32. The van der Waals surface area contributed by atoms with E-state index < -0.39 is 0 Å². The van der Waals surface area contributed by atoms with Crippen LogP contribution < -0.4 is 0 Å². The molecule has 1 atom stereocenters. The first-order valence-electron chi connectivity index (χ1n) is 4.98. The molecule has 0 amide bonds. The molecule has 2 rings (SSSR count). The van der Waals surface area contributed by atoms with Crippen LogP contribution in [0.4, 0.5) is 0 Å². The zero-order valence-electron chi connectivity index (χ0n) is 8.60. The number of nitrogens with zero attached hydrogens (tertiary/aromatic N) is 1. The highest BCUT2D eigenvalue weighted by atomic mass is 127. The van der Waals surface area contributed by atoms with Crippen LogP contribution in [0.3, 0.4) is 0 Å². The molecule has 1 heterocycles. The highest BCUT2D eigenvalue weighted by molar-refractivity contribution is 14.1. The molecule has 1 aromatic rings. The summed E-state index contributed by atoms with van der Waals surface area (Å²) in [7, 11) is 0.